The van der Waals surface area contributed by atoms with Crippen LogP contribution in [0.1, 0.15) is 0 Å². The zero-order valence-electron chi connectivity index (χ0n) is 11.6. The fourth-order valence-electron chi connectivity index (χ4n) is 1.88. The highest BCUT2D eigenvalue weighted by molar-refractivity contribution is 7.99. The maximum Gasteiger partial charge on any atom is 0.313 e. The van der Waals surface area contributed by atoms with Crippen LogP contribution in [0.25, 0.3) is 11.0 Å². The maximum atomic E-state index is 14.0. The number of benzene rings is 1. The van der Waals surface area contributed by atoms with Crippen molar-refractivity contribution in [2.45, 2.75) is 11.7 Å². The summed E-state index contributed by atoms with van der Waals surface area (Å²) in [6.45, 7) is 0.994. The van der Waals surface area contributed by atoms with Gasteiger partial charge in [-0.15, -0.1) is 0 Å². The Morgan fingerprint density at radius 1 is 1.43 bits per heavy atom. The van der Waals surface area contributed by atoms with E-state index in [4.69, 9.17) is 5.11 Å². The first-order valence-electron chi connectivity index (χ1n) is 6.23. The molecular weight excluding hydrogens is 300 g/mol. The van der Waals surface area contributed by atoms with Crippen molar-refractivity contribution < 1.29 is 18.7 Å². The van der Waals surface area contributed by atoms with Crippen molar-refractivity contribution in [3.8, 4) is 0 Å². The number of hydrogen-bond donors (Lipinski definition) is 1. The van der Waals surface area contributed by atoms with Gasteiger partial charge in [-0.05, 0) is 26.2 Å². The highest BCUT2D eigenvalue weighted by Crippen LogP contribution is 2.27. The maximum absolute atomic E-state index is 14.0. The van der Waals surface area contributed by atoms with Gasteiger partial charge in [0.15, 0.2) is 16.8 Å². The quantitative estimate of drug-likeness (QED) is 0.827. The van der Waals surface area contributed by atoms with Crippen LogP contribution in [-0.4, -0.2) is 51.9 Å². The predicted molar refractivity (Wildman–Crippen MR) is 76.6 cm³/mol. The summed E-state index contributed by atoms with van der Waals surface area (Å²) in [6.07, 6.45) is 0. The summed E-state index contributed by atoms with van der Waals surface area (Å²) in [4.78, 5) is 16.8. The fraction of sp³-hybridized carbons (Fsp3) is 0.385. The third kappa shape index (κ3) is 3.51. The minimum absolute atomic E-state index is 0.0738. The molecule has 2 rings (SSSR count). The topological polar surface area (TPSA) is 58.4 Å². The minimum atomic E-state index is -0.988. The van der Waals surface area contributed by atoms with Gasteiger partial charge in [0, 0.05) is 13.1 Å². The zero-order valence-corrected chi connectivity index (χ0v) is 12.5. The van der Waals surface area contributed by atoms with Crippen molar-refractivity contribution in [2.75, 3.05) is 26.4 Å². The molecule has 1 N–H and O–H groups in total. The van der Waals surface area contributed by atoms with E-state index in [1.807, 2.05) is 19.0 Å². The van der Waals surface area contributed by atoms with Gasteiger partial charge in [0.05, 0.1) is 11.3 Å². The lowest BCUT2D eigenvalue weighted by molar-refractivity contribution is -0.133. The van der Waals surface area contributed by atoms with Crippen LogP contribution in [0.3, 0.4) is 0 Å². The summed E-state index contributed by atoms with van der Waals surface area (Å²) in [5, 5.41) is 9.13. The van der Waals surface area contributed by atoms with Crippen LogP contribution in [0.15, 0.2) is 17.3 Å². The SMILES string of the molecule is CN(C)CCn1c(SCC(=O)O)nc2ccc(F)c(F)c21. The Bertz CT molecular complexity index is 673. The van der Waals surface area contributed by atoms with Crippen molar-refractivity contribution in [3.05, 3.63) is 23.8 Å². The Morgan fingerprint density at radius 3 is 2.76 bits per heavy atom. The van der Waals surface area contributed by atoms with Crippen molar-refractivity contribution in [1.29, 1.82) is 0 Å². The largest absolute Gasteiger partial charge is 0.481 e. The molecule has 0 unspecified atom stereocenters. The van der Waals surface area contributed by atoms with E-state index < -0.39 is 17.6 Å². The number of carbonyl (C=O) groups is 1. The highest BCUT2D eigenvalue weighted by atomic mass is 32.2. The molecule has 0 atom stereocenters. The lowest BCUT2D eigenvalue weighted by Crippen LogP contribution is -2.19. The number of halogens is 2. The average molecular weight is 315 g/mol. The Hall–Kier alpha value is -1.67. The third-order valence-electron chi connectivity index (χ3n) is 2.86. The lowest BCUT2D eigenvalue weighted by atomic mass is 10.3. The molecular formula is C13H15F2N3O2S. The lowest BCUT2D eigenvalue weighted by Gasteiger charge is -2.13. The monoisotopic (exact) mass is 315 g/mol. The van der Waals surface area contributed by atoms with Gasteiger partial charge >= 0.3 is 5.97 Å². The summed E-state index contributed by atoms with van der Waals surface area (Å²) in [5.41, 5.74) is 0.394. The second-order valence-electron chi connectivity index (χ2n) is 4.76. The molecule has 1 heterocycles. The second-order valence-corrected chi connectivity index (χ2v) is 5.70. The molecule has 0 aliphatic carbocycles. The summed E-state index contributed by atoms with van der Waals surface area (Å²) in [6, 6.07) is 2.41. The Kier molecular flexibility index (Phi) is 4.79. The van der Waals surface area contributed by atoms with Crippen LogP contribution in [0.5, 0.6) is 0 Å². The van der Waals surface area contributed by atoms with E-state index in [1.165, 1.54) is 10.6 Å². The number of likely N-dealkylation sites (N-methyl/N-ethyl adjacent to an activating group) is 1. The van der Waals surface area contributed by atoms with Gasteiger partial charge in [-0.1, -0.05) is 11.8 Å². The van der Waals surface area contributed by atoms with Gasteiger partial charge in [0.2, 0.25) is 0 Å². The second kappa shape index (κ2) is 6.40. The molecule has 0 fully saturated rings. The van der Waals surface area contributed by atoms with Gasteiger partial charge < -0.3 is 14.6 Å². The van der Waals surface area contributed by atoms with E-state index >= 15 is 0 Å². The van der Waals surface area contributed by atoms with Gasteiger partial charge in [0.25, 0.3) is 0 Å². The molecule has 1 aromatic heterocycles. The van der Waals surface area contributed by atoms with Crippen LogP contribution < -0.4 is 0 Å². The number of imidazole rings is 1. The molecule has 0 radical (unpaired) electrons. The van der Waals surface area contributed by atoms with Gasteiger partial charge in [-0.3, -0.25) is 4.79 Å². The molecule has 0 saturated carbocycles. The number of rotatable bonds is 6. The average Bonchev–Trinajstić information content (AvgIpc) is 2.76. The number of hydrogen-bond acceptors (Lipinski definition) is 4. The molecule has 1 aromatic carbocycles. The molecule has 0 aliphatic rings. The first-order chi connectivity index (χ1) is 9.90. The van der Waals surface area contributed by atoms with Gasteiger partial charge in [0.1, 0.15) is 5.52 Å². The summed E-state index contributed by atoms with van der Waals surface area (Å²) >= 11 is 0.992. The van der Waals surface area contributed by atoms with Gasteiger partial charge in [-0.25, -0.2) is 13.8 Å². The zero-order chi connectivity index (χ0) is 15.6. The van der Waals surface area contributed by atoms with E-state index in [1.54, 1.807) is 0 Å². The Labute approximate surface area is 124 Å². The number of thioether (sulfide) groups is 1. The minimum Gasteiger partial charge on any atom is -0.481 e. The Balaban J connectivity index is 2.47. The summed E-state index contributed by atoms with van der Waals surface area (Å²) < 4.78 is 29.0. The summed E-state index contributed by atoms with van der Waals surface area (Å²) in [7, 11) is 3.72. The molecule has 21 heavy (non-hydrogen) atoms. The first kappa shape index (κ1) is 15.7. The number of nitrogens with zero attached hydrogens (tertiary/aromatic N) is 3. The Morgan fingerprint density at radius 2 is 2.14 bits per heavy atom. The molecule has 0 aliphatic heterocycles. The van der Waals surface area contributed by atoms with E-state index in [0.29, 0.717) is 23.8 Å². The van der Waals surface area contributed by atoms with E-state index in [2.05, 4.69) is 4.98 Å². The van der Waals surface area contributed by atoms with E-state index in [-0.39, 0.29) is 11.3 Å². The molecule has 2 aromatic rings. The van der Waals surface area contributed by atoms with Crippen LogP contribution in [0.2, 0.25) is 0 Å². The molecule has 114 valence electrons. The molecule has 8 heteroatoms. The standard InChI is InChI=1S/C13H15F2N3O2S/c1-17(2)5-6-18-12-9(4-3-8(14)11(12)15)16-13(18)21-7-10(19)20/h3-4H,5-7H2,1-2H3,(H,19,20). The highest BCUT2D eigenvalue weighted by Gasteiger charge is 2.18. The number of fused-ring (bicyclic) bond motifs is 1. The normalized spacial score (nSPS) is 11.5. The van der Waals surface area contributed by atoms with Crippen molar-refractivity contribution >= 4 is 28.8 Å². The molecule has 0 amide bonds. The third-order valence-corrected chi connectivity index (χ3v) is 3.82. The molecule has 0 bridgehead atoms. The number of aromatic nitrogens is 2. The van der Waals surface area contributed by atoms with E-state index in [9.17, 15) is 13.6 Å². The van der Waals surface area contributed by atoms with Crippen molar-refractivity contribution in [2.24, 2.45) is 0 Å². The molecule has 5 nitrogen and oxygen atoms in total. The first-order valence-corrected chi connectivity index (χ1v) is 7.22. The predicted octanol–water partition coefficient (Wildman–Crippen LogP) is 2.05. The van der Waals surface area contributed by atoms with Gasteiger partial charge in [-0.2, -0.15) is 0 Å². The smallest absolute Gasteiger partial charge is 0.313 e. The van der Waals surface area contributed by atoms with Crippen molar-refractivity contribution in [3.63, 3.8) is 0 Å². The number of carboxylic acids is 1. The van der Waals surface area contributed by atoms with Crippen LogP contribution >= 0.6 is 11.8 Å². The van der Waals surface area contributed by atoms with Crippen LogP contribution in [-0.2, 0) is 11.3 Å². The van der Waals surface area contributed by atoms with E-state index in [0.717, 1.165) is 17.8 Å². The molecule has 0 spiro atoms. The van der Waals surface area contributed by atoms with Crippen LogP contribution in [0.4, 0.5) is 8.78 Å². The number of carboxylic acid groups (broad SMARTS) is 1. The molecule has 0 saturated heterocycles. The summed E-state index contributed by atoms with van der Waals surface area (Å²) in [5.74, 6) is -3.07. The fourth-order valence-corrected chi connectivity index (χ4v) is 2.63. The number of aliphatic carboxylic acids is 1. The van der Waals surface area contributed by atoms with Crippen molar-refractivity contribution in [1.82, 2.24) is 14.5 Å². The van der Waals surface area contributed by atoms with Crippen LogP contribution in [0, 0.1) is 11.6 Å².